The van der Waals surface area contributed by atoms with E-state index in [2.05, 4.69) is 23.2 Å². The summed E-state index contributed by atoms with van der Waals surface area (Å²) in [6, 6.07) is 26.2. The maximum atomic E-state index is 12.2. The summed E-state index contributed by atoms with van der Waals surface area (Å²) in [6.07, 6.45) is 1.39. The van der Waals surface area contributed by atoms with Gasteiger partial charge in [0.05, 0.1) is 18.2 Å². The van der Waals surface area contributed by atoms with Gasteiger partial charge in [0.1, 0.15) is 17.2 Å². The zero-order valence-electron chi connectivity index (χ0n) is 21.4. The van der Waals surface area contributed by atoms with Crippen molar-refractivity contribution in [2.24, 2.45) is 0 Å². The molecule has 0 aliphatic carbocycles. The van der Waals surface area contributed by atoms with E-state index in [1.54, 1.807) is 0 Å². The van der Waals surface area contributed by atoms with Crippen LogP contribution in [-0.2, 0) is 6.42 Å². The average molecular weight is 494 g/mol. The number of aromatic nitrogens is 1. The highest BCUT2D eigenvalue weighted by molar-refractivity contribution is 6.03. The van der Waals surface area contributed by atoms with Gasteiger partial charge in [-0.3, -0.25) is 0 Å². The third kappa shape index (κ3) is 5.03. The molecule has 0 radical (unpaired) electrons. The summed E-state index contributed by atoms with van der Waals surface area (Å²) in [6.45, 7) is 6.56. The van der Waals surface area contributed by atoms with Crippen LogP contribution < -0.4 is 9.47 Å². The molecule has 0 amide bonds. The summed E-state index contributed by atoms with van der Waals surface area (Å²) >= 11 is 0. The van der Waals surface area contributed by atoms with Gasteiger partial charge in [0.2, 0.25) is 0 Å². The fraction of sp³-hybridized carbons (Fsp3) is 0.219. The Morgan fingerprint density at radius 3 is 2.46 bits per heavy atom. The van der Waals surface area contributed by atoms with Crippen LogP contribution in [0, 0.1) is 6.92 Å². The molecule has 0 aliphatic heterocycles. The van der Waals surface area contributed by atoms with E-state index in [0.717, 1.165) is 55.4 Å². The molecule has 1 aromatic heterocycles. The first-order valence-corrected chi connectivity index (χ1v) is 12.7. The zero-order valence-corrected chi connectivity index (χ0v) is 21.4. The zero-order chi connectivity index (χ0) is 25.9. The van der Waals surface area contributed by atoms with Crippen molar-refractivity contribution < 1.29 is 19.4 Å². The first-order chi connectivity index (χ1) is 17.9. The molecule has 5 nitrogen and oxygen atoms in total. The Labute approximate surface area is 216 Å². The maximum Gasteiger partial charge on any atom is 0.352 e. The molecule has 0 atom stereocenters. The molecule has 188 valence electrons. The van der Waals surface area contributed by atoms with Gasteiger partial charge in [-0.05, 0) is 73.9 Å². The summed E-state index contributed by atoms with van der Waals surface area (Å²) in [5.74, 6) is 0.718. The lowest BCUT2D eigenvalue weighted by Gasteiger charge is -2.13. The number of hydrogen-bond donors (Lipinski definition) is 2. The number of carboxylic acid groups (broad SMARTS) is 1. The van der Waals surface area contributed by atoms with Crippen molar-refractivity contribution in [2.75, 3.05) is 6.61 Å². The Kier molecular flexibility index (Phi) is 6.87. The number of H-pyrrole nitrogens is 1. The fourth-order valence-electron chi connectivity index (χ4n) is 4.98. The number of para-hydroxylation sites is 1. The Hall–Kier alpha value is -4.25. The predicted octanol–water partition coefficient (Wildman–Crippen LogP) is 7.79. The second kappa shape index (κ2) is 10.4. The van der Waals surface area contributed by atoms with Crippen molar-refractivity contribution in [2.45, 2.75) is 39.7 Å². The third-order valence-corrected chi connectivity index (χ3v) is 6.59. The number of aryl methyl sites for hydroxylation is 2. The monoisotopic (exact) mass is 493 g/mol. The molecule has 37 heavy (non-hydrogen) atoms. The van der Waals surface area contributed by atoms with Crippen LogP contribution in [0.25, 0.3) is 32.8 Å². The van der Waals surface area contributed by atoms with E-state index >= 15 is 0 Å². The molecule has 5 aromatic rings. The SMILES string of the molecule is Cc1cc(OC(C)C)ccc1-c1cccc2c(CCCOc3cccc4ccccc34)c(C(=O)O)[nH]c12. The lowest BCUT2D eigenvalue weighted by molar-refractivity contribution is 0.0690. The number of benzene rings is 4. The number of aromatic amines is 1. The van der Waals surface area contributed by atoms with Gasteiger partial charge < -0.3 is 19.6 Å². The lowest BCUT2D eigenvalue weighted by Crippen LogP contribution is -2.05. The van der Waals surface area contributed by atoms with Crippen LogP contribution in [0.5, 0.6) is 11.5 Å². The number of hydrogen-bond acceptors (Lipinski definition) is 3. The molecule has 0 saturated carbocycles. The van der Waals surface area contributed by atoms with Crippen molar-refractivity contribution in [3.05, 3.63) is 95.7 Å². The van der Waals surface area contributed by atoms with Crippen molar-refractivity contribution in [1.29, 1.82) is 0 Å². The van der Waals surface area contributed by atoms with E-state index in [9.17, 15) is 9.90 Å². The molecule has 0 spiro atoms. The minimum Gasteiger partial charge on any atom is -0.493 e. The summed E-state index contributed by atoms with van der Waals surface area (Å²) in [4.78, 5) is 15.4. The van der Waals surface area contributed by atoms with E-state index in [-0.39, 0.29) is 11.8 Å². The van der Waals surface area contributed by atoms with E-state index in [0.29, 0.717) is 19.4 Å². The van der Waals surface area contributed by atoms with Crippen molar-refractivity contribution in [3.8, 4) is 22.6 Å². The number of nitrogens with one attached hydrogen (secondary N) is 1. The van der Waals surface area contributed by atoms with Gasteiger partial charge in [0.15, 0.2) is 0 Å². The van der Waals surface area contributed by atoms with Crippen LogP contribution >= 0.6 is 0 Å². The first kappa shape index (κ1) is 24.4. The maximum absolute atomic E-state index is 12.2. The second-order valence-corrected chi connectivity index (χ2v) is 9.58. The predicted molar refractivity (Wildman–Crippen MR) is 149 cm³/mol. The Morgan fingerprint density at radius 2 is 1.68 bits per heavy atom. The van der Waals surface area contributed by atoms with Gasteiger partial charge in [-0.1, -0.05) is 60.7 Å². The molecular weight excluding hydrogens is 462 g/mol. The van der Waals surface area contributed by atoms with Gasteiger partial charge in [-0.25, -0.2) is 4.79 Å². The topological polar surface area (TPSA) is 71.6 Å². The largest absolute Gasteiger partial charge is 0.493 e. The summed E-state index contributed by atoms with van der Waals surface area (Å²) in [5.41, 5.74) is 4.98. The Morgan fingerprint density at radius 1 is 0.919 bits per heavy atom. The number of fused-ring (bicyclic) bond motifs is 2. The Bertz CT molecular complexity index is 1580. The van der Waals surface area contributed by atoms with Crippen LogP contribution in [0.3, 0.4) is 0 Å². The number of ether oxygens (including phenoxy) is 2. The fourth-order valence-corrected chi connectivity index (χ4v) is 4.98. The molecule has 2 N–H and O–H groups in total. The summed E-state index contributed by atoms with van der Waals surface area (Å²) < 4.78 is 11.9. The van der Waals surface area contributed by atoms with Gasteiger partial charge >= 0.3 is 5.97 Å². The average Bonchev–Trinajstić information content (AvgIpc) is 3.26. The molecule has 4 aromatic carbocycles. The molecule has 0 unspecified atom stereocenters. The highest BCUT2D eigenvalue weighted by atomic mass is 16.5. The van der Waals surface area contributed by atoms with Gasteiger partial charge in [-0.15, -0.1) is 0 Å². The normalized spacial score (nSPS) is 11.4. The standard InChI is InChI=1S/C32H31NO4/c1-20(2)37-23-16-17-24(21(3)19-23)26-12-7-13-27-28(31(32(34)35)33-30(26)27)14-8-18-36-29-15-6-10-22-9-4-5-11-25(22)29/h4-7,9-13,15-17,19-20,33H,8,14,18H2,1-3H3,(H,34,35). The molecule has 0 fully saturated rings. The van der Waals surface area contributed by atoms with E-state index in [1.165, 1.54) is 0 Å². The molecule has 0 saturated heterocycles. The van der Waals surface area contributed by atoms with E-state index in [4.69, 9.17) is 9.47 Å². The van der Waals surface area contributed by atoms with E-state index in [1.807, 2.05) is 81.4 Å². The summed E-state index contributed by atoms with van der Waals surface area (Å²) in [5, 5.41) is 13.1. The van der Waals surface area contributed by atoms with Crippen molar-refractivity contribution in [1.82, 2.24) is 4.98 Å². The smallest absolute Gasteiger partial charge is 0.352 e. The van der Waals surface area contributed by atoms with Crippen LogP contribution in [0.4, 0.5) is 0 Å². The number of carboxylic acids is 1. The second-order valence-electron chi connectivity index (χ2n) is 9.58. The van der Waals surface area contributed by atoms with Gasteiger partial charge in [0.25, 0.3) is 0 Å². The lowest BCUT2D eigenvalue weighted by atomic mass is 9.96. The van der Waals surface area contributed by atoms with Crippen LogP contribution in [0.2, 0.25) is 0 Å². The summed E-state index contributed by atoms with van der Waals surface area (Å²) in [7, 11) is 0. The minimum absolute atomic E-state index is 0.0994. The highest BCUT2D eigenvalue weighted by Crippen LogP contribution is 2.35. The van der Waals surface area contributed by atoms with E-state index < -0.39 is 5.97 Å². The molecule has 5 heteroatoms. The molecule has 5 rings (SSSR count). The Balaban J connectivity index is 1.41. The number of carbonyl (C=O) groups is 1. The van der Waals surface area contributed by atoms with Crippen molar-refractivity contribution >= 4 is 27.6 Å². The first-order valence-electron chi connectivity index (χ1n) is 12.7. The van der Waals surface area contributed by atoms with Gasteiger partial charge in [-0.2, -0.15) is 0 Å². The van der Waals surface area contributed by atoms with Crippen LogP contribution in [0.15, 0.2) is 78.9 Å². The quantitative estimate of drug-likeness (QED) is 0.206. The van der Waals surface area contributed by atoms with Gasteiger partial charge in [0, 0.05) is 16.3 Å². The van der Waals surface area contributed by atoms with Crippen LogP contribution in [-0.4, -0.2) is 28.8 Å². The molecule has 0 bridgehead atoms. The van der Waals surface area contributed by atoms with Crippen LogP contribution in [0.1, 0.15) is 41.9 Å². The highest BCUT2D eigenvalue weighted by Gasteiger charge is 2.20. The molecule has 1 heterocycles. The number of rotatable bonds is 9. The minimum atomic E-state index is -0.954. The molecule has 0 aliphatic rings. The number of aromatic carboxylic acids is 1. The molecular formula is C32H31NO4. The third-order valence-electron chi connectivity index (χ3n) is 6.59. The van der Waals surface area contributed by atoms with Crippen molar-refractivity contribution in [3.63, 3.8) is 0 Å².